The van der Waals surface area contributed by atoms with Crippen molar-refractivity contribution in [1.82, 2.24) is 5.32 Å². The molecule has 3 heteroatoms. The van der Waals surface area contributed by atoms with E-state index in [1.807, 2.05) is 19.2 Å². The summed E-state index contributed by atoms with van der Waals surface area (Å²) in [4.78, 5) is 0. The molecule has 0 saturated heterocycles. The van der Waals surface area contributed by atoms with E-state index in [-0.39, 0.29) is 0 Å². The quantitative estimate of drug-likeness (QED) is 0.717. The van der Waals surface area contributed by atoms with Crippen molar-refractivity contribution in [3.05, 3.63) is 29.8 Å². The van der Waals surface area contributed by atoms with E-state index < -0.39 is 0 Å². The van der Waals surface area contributed by atoms with Gasteiger partial charge in [0.05, 0.1) is 12.7 Å². The fourth-order valence-electron chi connectivity index (χ4n) is 1.67. The van der Waals surface area contributed by atoms with Gasteiger partial charge in [-0.25, -0.2) is 0 Å². The predicted octanol–water partition coefficient (Wildman–Crippen LogP) is 2.91. The van der Waals surface area contributed by atoms with Gasteiger partial charge in [0.15, 0.2) is 0 Å². The summed E-state index contributed by atoms with van der Waals surface area (Å²) in [5.74, 6) is 0.910. The highest BCUT2D eigenvalue weighted by Crippen LogP contribution is 2.14. The number of nitrogens with zero attached hydrogens (tertiary/aromatic N) is 1. The van der Waals surface area contributed by atoms with E-state index in [0.29, 0.717) is 19.1 Å². The second kappa shape index (κ2) is 8.54. The van der Waals surface area contributed by atoms with Crippen LogP contribution in [0.3, 0.4) is 0 Å². The second-order valence-corrected chi connectivity index (χ2v) is 4.50. The zero-order chi connectivity index (χ0) is 13.2. The Morgan fingerprint density at radius 1 is 1.28 bits per heavy atom. The van der Waals surface area contributed by atoms with Crippen molar-refractivity contribution < 1.29 is 4.74 Å². The number of likely N-dealkylation sites (N-methyl/N-ethyl adjacent to an activating group) is 1. The first-order valence-electron chi connectivity index (χ1n) is 6.52. The Morgan fingerprint density at radius 3 is 2.61 bits per heavy atom. The Hall–Kier alpha value is -1.53. The Morgan fingerprint density at radius 2 is 2.00 bits per heavy atom. The van der Waals surface area contributed by atoms with E-state index in [0.717, 1.165) is 25.0 Å². The maximum atomic E-state index is 8.41. The van der Waals surface area contributed by atoms with E-state index in [4.69, 9.17) is 10.00 Å². The summed E-state index contributed by atoms with van der Waals surface area (Å²) in [5.41, 5.74) is 1.31. The van der Waals surface area contributed by atoms with Crippen LogP contribution in [0.15, 0.2) is 24.3 Å². The Kier molecular flexibility index (Phi) is 6.90. The molecule has 0 fully saturated rings. The standard InChI is InChI=1S/C15H22N2O/c1-13(17-2)12-14-6-8-15(9-7-14)18-11-5-3-4-10-16/h6-9,13,17H,3-5,11-12H2,1-2H3. The second-order valence-electron chi connectivity index (χ2n) is 4.50. The molecule has 0 aliphatic rings. The molecule has 1 N–H and O–H groups in total. The summed E-state index contributed by atoms with van der Waals surface area (Å²) < 4.78 is 5.61. The van der Waals surface area contributed by atoms with Gasteiger partial charge in [0.25, 0.3) is 0 Å². The lowest BCUT2D eigenvalue weighted by atomic mass is 10.1. The molecule has 3 nitrogen and oxygen atoms in total. The van der Waals surface area contributed by atoms with E-state index in [1.165, 1.54) is 5.56 Å². The third-order valence-corrected chi connectivity index (χ3v) is 2.91. The number of hydrogen-bond donors (Lipinski definition) is 1. The fourth-order valence-corrected chi connectivity index (χ4v) is 1.67. The summed E-state index contributed by atoms with van der Waals surface area (Å²) in [6.07, 6.45) is 3.49. The minimum absolute atomic E-state index is 0.489. The molecule has 0 aliphatic carbocycles. The van der Waals surface area contributed by atoms with E-state index in [9.17, 15) is 0 Å². The minimum Gasteiger partial charge on any atom is -0.494 e. The Bertz CT molecular complexity index is 367. The summed E-state index contributed by atoms with van der Waals surface area (Å²) >= 11 is 0. The molecule has 0 heterocycles. The molecule has 1 aromatic carbocycles. The number of rotatable bonds is 8. The van der Waals surface area contributed by atoms with Crippen molar-refractivity contribution in [3.63, 3.8) is 0 Å². The van der Waals surface area contributed by atoms with Gasteiger partial charge in [-0.15, -0.1) is 0 Å². The summed E-state index contributed by atoms with van der Waals surface area (Å²) in [5, 5.41) is 11.6. The number of benzene rings is 1. The van der Waals surface area contributed by atoms with Gasteiger partial charge in [-0.3, -0.25) is 0 Å². The monoisotopic (exact) mass is 246 g/mol. The van der Waals surface area contributed by atoms with E-state index >= 15 is 0 Å². The van der Waals surface area contributed by atoms with Gasteiger partial charge in [-0.1, -0.05) is 12.1 Å². The lowest BCUT2D eigenvalue weighted by Crippen LogP contribution is -2.23. The van der Waals surface area contributed by atoms with Gasteiger partial charge in [0.1, 0.15) is 5.75 Å². The highest BCUT2D eigenvalue weighted by Gasteiger charge is 2.01. The first-order valence-corrected chi connectivity index (χ1v) is 6.52. The first kappa shape index (κ1) is 14.5. The highest BCUT2D eigenvalue weighted by molar-refractivity contribution is 5.27. The molecule has 1 atom stereocenters. The molecule has 0 radical (unpaired) electrons. The van der Waals surface area contributed by atoms with Crippen LogP contribution in [0.5, 0.6) is 5.75 Å². The molecular weight excluding hydrogens is 224 g/mol. The number of nitrogens with one attached hydrogen (secondary N) is 1. The average molecular weight is 246 g/mol. The van der Waals surface area contributed by atoms with Crippen LogP contribution in [0.25, 0.3) is 0 Å². The minimum atomic E-state index is 0.489. The van der Waals surface area contributed by atoms with Crippen LogP contribution in [0, 0.1) is 11.3 Å². The van der Waals surface area contributed by atoms with Gasteiger partial charge in [-0.2, -0.15) is 5.26 Å². The van der Waals surface area contributed by atoms with E-state index in [2.05, 4.69) is 30.4 Å². The molecule has 0 amide bonds. The average Bonchev–Trinajstić information content (AvgIpc) is 2.40. The lowest BCUT2D eigenvalue weighted by Gasteiger charge is -2.11. The van der Waals surface area contributed by atoms with Crippen LogP contribution < -0.4 is 10.1 Å². The van der Waals surface area contributed by atoms with Crippen molar-refractivity contribution in [3.8, 4) is 11.8 Å². The number of hydrogen-bond acceptors (Lipinski definition) is 3. The normalized spacial score (nSPS) is 11.8. The molecule has 98 valence electrons. The van der Waals surface area contributed by atoms with Crippen LogP contribution in [-0.2, 0) is 6.42 Å². The molecule has 18 heavy (non-hydrogen) atoms. The highest BCUT2D eigenvalue weighted by atomic mass is 16.5. The third kappa shape index (κ3) is 5.70. The first-order chi connectivity index (χ1) is 8.76. The van der Waals surface area contributed by atoms with Crippen molar-refractivity contribution in [2.75, 3.05) is 13.7 Å². The van der Waals surface area contributed by atoms with E-state index in [1.54, 1.807) is 0 Å². The van der Waals surface area contributed by atoms with Crippen molar-refractivity contribution >= 4 is 0 Å². The molecule has 1 aromatic rings. The van der Waals surface area contributed by atoms with Gasteiger partial charge in [0.2, 0.25) is 0 Å². The molecule has 0 bridgehead atoms. The zero-order valence-electron chi connectivity index (χ0n) is 11.3. The van der Waals surface area contributed by atoms with Crippen LogP contribution in [0.2, 0.25) is 0 Å². The molecule has 0 aliphatic heterocycles. The number of ether oxygens (including phenoxy) is 1. The maximum absolute atomic E-state index is 8.41. The number of unbranched alkanes of at least 4 members (excludes halogenated alkanes) is 2. The van der Waals surface area contributed by atoms with Gasteiger partial charge < -0.3 is 10.1 Å². The zero-order valence-corrected chi connectivity index (χ0v) is 11.3. The Labute approximate surface area is 110 Å². The molecule has 0 spiro atoms. The molecule has 1 rings (SSSR count). The lowest BCUT2D eigenvalue weighted by molar-refractivity contribution is 0.307. The van der Waals surface area contributed by atoms with Crippen LogP contribution in [0.1, 0.15) is 31.7 Å². The van der Waals surface area contributed by atoms with Gasteiger partial charge in [0, 0.05) is 12.5 Å². The molecule has 0 saturated carbocycles. The summed E-state index contributed by atoms with van der Waals surface area (Å²) in [6.45, 7) is 2.85. The van der Waals surface area contributed by atoms with Gasteiger partial charge in [-0.05, 0) is 50.9 Å². The summed E-state index contributed by atoms with van der Waals surface area (Å²) in [7, 11) is 1.98. The molecule has 1 unspecified atom stereocenters. The Balaban J connectivity index is 2.30. The SMILES string of the molecule is CNC(C)Cc1ccc(OCCCCC#N)cc1. The van der Waals surface area contributed by atoms with Crippen molar-refractivity contribution in [2.24, 2.45) is 0 Å². The third-order valence-electron chi connectivity index (χ3n) is 2.91. The predicted molar refractivity (Wildman–Crippen MR) is 73.6 cm³/mol. The molecular formula is C15H22N2O. The van der Waals surface area contributed by atoms with Crippen molar-refractivity contribution in [1.29, 1.82) is 5.26 Å². The maximum Gasteiger partial charge on any atom is 0.119 e. The fraction of sp³-hybridized carbons (Fsp3) is 0.533. The van der Waals surface area contributed by atoms with Crippen LogP contribution >= 0.6 is 0 Å². The van der Waals surface area contributed by atoms with Gasteiger partial charge >= 0.3 is 0 Å². The summed E-state index contributed by atoms with van der Waals surface area (Å²) in [6, 6.07) is 10.9. The van der Waals surface area contributed by atoms with Crippen LogP contribution in [-0.4, -0.2) is 19.7 Å². The van der Waals surface area contributed by atoms with Crippen LogP contribution in [0.4, 0.5) is 0 Å². The van der Waals surface area contributed by atoms with Crippen molar-refractivity contribution in [2.45, 2.75) is 38.6 Å². The molecule has 0 aromatic heterocycles. The largest absolute Gasteiger partial charge is 0.494 e. The number of nitriles is 1. The smallest absolute Gasteiger partial charge is 0.119 e. The topological polar surface area (TPSA) is 45.0 Å².